The standard InChI is InChI=1S/C19H30N2O2/c1-6-13-8-10-14(11-9-13)15(7-2)20-16-12-17(16)21-18(22)23-19(3,4)5/h8-11,15-17,20H,6-7,12H2,1-5H3,(H,21,22). The number of carbonyl (C=O) groups is 1. The van der Waals surface area contributed by atoms with Gasteiger partial charge in [-0.25, -0.2) is 4.79 Å². The van der Waals surface area contributed by atoms with Crippen LogP contribution in [-0.4, -0.2) is 23.8 Å². The number of ether oxygens (including phenoxy) is 1. The van der Waals surface area contributed by atoms with E-state index in [9.17, 15) is 4.79 Å². The minimum absolute atomic E-state index is 0.175. The average Bonchev–Trinajstić information content (AvgIpc) is 3.20. The molecule has 1 aromatic carbocycles. The fourth-order valence-electron chi connectivity index (χ4n) is 2.69. The zero-order valence-corrected chi connectivity index (χ0v) is 15.0. The van der Waals surface area contributed by atoms with Crippen molar-refractivity contribution < 1.29 is 9.53 Å². The normalized spacial score (nSPS) is 21.6. The highest BCUT2D eigenvalue weighted by atomic mass is 16.6. The van der Waals surface area contributed by atoms with Gasteiger partial charge in [-0.3, -0.25) is 0 Å². The Kier molecular flexibility index (Phi) is 5.69. The molecule has 4 heteroatoms. The van der Waals surface area contributed by atoms with Crippen molar-refractivity contribution in [3.8, 4) is 0 Å². The molecule has 0 spiro atoms. The second kappa shape index (κ2) is 7.35. The molecule has 1 aromatic rings. The van der Waals surface area contributed by atoms with Gasteiger partial charge >= 0.3 is 6.09 Å². The van der Waals surface area contributed by atoms with E-state index in [1.54, 1.807) is 0 Å². The van der Waals surface area contributed by atoms with Crippen molar-refractivity contribution in [2.45, 2.75) is 77.6 Å². The molecule has 0 saturated heterocycles. The van der Waals surface area contributed by atoms with Gasteiger partial charge in [-0.05, 0) is 51.2 Å². The molecule has 2 N–H and O–H groups in total. The third-order valence-corrected chi connectivity index (χ3v) is 4.11. The number of amides is 1. The number of carbonyl (C=O) groups excluding carboxylic acids is 1. The van der Waals surface area contributed by atoms with Crippen molar-refractivity contribution in [2.75, 3.05) is 0 Å². The van der Waals surface area contributed by atoms with E-state index in [1.165, 1.54) is 11.1 Å². The number of nitrogens with one attached hydrogen (secondary N) is 2. The van der Waals surface area contributed by atoms with Gasteiger partial charge in [0, 0.05) is 18.1 Å². The third-order valence-electron chi connectivity index (χ3n) is 4.11. The topological polar surface area (TPSA) is 50.4 Å². The fraction of sp³-hybridized carbons (Fsp3) is 0.632. The molecule has 0 bridgehead atoms. The first-order valence-corrected chi connectivity index (χ1v) is 8.66. The van der Waals surface area contributed by atoms with Crippen LogP contribution in [-0.2, 0) is 11.2 Å². The molecule has 4 nitrogen and oxygen atoms in total. The van der Waals surface area contributed by atoms with Gasteiger partial charge in [0.05, 0.1) is 0 Å². The van der Waals surface area contributed by atoms with Crippen molar-refractivity contribution in [1.29, 1.82) is 0 Å². The minimum atomic E-state index is -0.450. The maximum Gasteiger partial charge on any atom is 0.407 e. The van der Waals surface area contributed by atoms with E-state index < -0.39 is 5.60 Å². The Bertz CT molecular complexity index is 519. The van der Waals surface area contributed by atoms with Gasteiger partial charge in [-0.1, -0.05) is 38.1 Å². The molecule has 3 unspecified atom stereocenters. The van der Waals surface area contributed by atoms with E-state index >= 15 is 0 Å². The highest BCUT2D eigenvalue weighted by Gasteiger charge is 2.40. The van der Waals surface area contributed by atoms with Gasteiger partial charge in [0.2, 0.25) is 0 Å². The summed E-state index contributed by atoms with van der Waals surface area (Å²) >= 11 is 0. The molecule has 3 atom stereocenters. The van der Waals surface area contributed by atoms with Crippen LogP contribution in [0.25, 0.3) is 0 Å². The maximum atomic E-state index is 11.8. The van der Waals surface area contributed by atoms with E-state index in [-0.39, 0.29) is 12.1 Å². The quantitative estimate of drug-likeness (QED) is 0.835. The second-order valence-electron chi connectivity index (χ2n) is 7.32. The first-order chi connectivity index (χ1) is 10.8. The Hall–Kier alpha value is -1.55. The summed E-state index contributed by atoms with van der Waals surface area (Å²) in [7, 11) is 0. The zero-order valence-electron chi connectivity index (χ0n) is 15.0. The number of hydrogen-bond acceptors (Lipinski definition) is 3. The predicted octanol–water partition coefficient (Wildman–Crippen LogP) is 3.96. The number of rotatable bonds is 6. The average molecular weight is 318 g/mol. The van der Waals surface area contributed by atoms with Gasteiger partial charge in [0.1, 0.15) is 5.60 Å². The Morgan fingerprint density at radius 3 is 2.39 bits per heavy atom. The van der Waals surface area contributed by atoms with Crippen LogP contribution in [0, 0.1) is 0 Å². The summed E-state index contributed by atoms with van der Waals surface area (Å²) in [5.41, 5.74) is 2.22. The summed E-state index contributed by atoms with van der Waals surface area (Å²) in [6, 6.07) is 9.65. The summed E-state index contributed by atoms with van der Waals surface area (Å²) in [6.07, 6.45) is 2.73. The van der Waals surface area contributed by atoms with Crippen LogP contribution >= 0.6 is 0 Å². The number of aryl methyl sites for hydroxylation is 1. The Morgan fingerprint density at radius 2 is 1.87 bits per heavy atom. The monoisotopic (exact) mass is 318 g/mol. The molecule has 128 valence electrons. The lowest BCUT2D eigenvalue weighted by Gasteiger charge is -2.20. The molecule has 2 rings (SSSR count). The van der Waals surface area contributed by atoms with E-state index in [2.05, 4.69) is 48.7 Å². The van der Waals surface area contributed by atoms with Gasteiger partial charge in [0.25, 0.3) is 0 Å². The molecule has 0 radical (unpaired) electrons. The SMILES string of the molecule is CCc1ccc(C(CC)NC2CC2NC(=O)OC(C)(C)C)cc1. The third kappa shape index (κ3) is 5.54. The maximum absolute atomic E-state index is 11.8. The van der Waals surface area contributed by atoms with Crippen LogP contribution in [0.2, 0.25) is 0 Å². The molecule has 0 aromatic heterocycles. The van der Waals surface area contributed by atoms with Crippen LogP contribution in [0.1, 0.15) is 64.6 Å². The Morgan fingerprint density at radius 1 is 1.22 bits per heavy atom. The summed E-state index contributed by atoms with van der Waals surface area (Å²) in [6.45, 7) is 9.98. The van der Waals surface area contributed by atoms with Crippen molar-refractivity contribution >= 4 is 6.09 Å². The van der Waals surface area contributed by atoms with Crippen molar-refractivity contribution in [3.63, 3.8) is 0 Å². The molecule has 1 fully saturated rings. The summed E-state index contributed by atoms with van der Waals surface area (Å²) in [5, 5.41) is 6.58. The number of benzene rings is 1. The second-order valence-corrected chi connectivity index (χ2v) is 7.32. The Labute approximate surface area is 140 Å². The highest BCUT2D eigenvalue weighted by molar-refractivity contribution is 5.68. The van der Waals surface area contributed by atoms with Gasteiger partial charge in [-0.15, -0.1) is 0 Å². The largest absolute Gasteiger partial charge is 0.444 e. The molecule has 1 saturated carbocycles. The number of hydrogen-bond donors (Lipinski definition) is 2. The fourth-order valence-corrected chi connectivity index (χ4v) is 2.69. The van der Waals surface area contributed by atoms with Crippen LogP contribution < -0.4 is 10.6 Å². The van der Waals surface area contributed by atoms with E-state index in [0.717, 1.165) is 19.3 Å². The van der Waals surface area contributed by atoms with Crippen molar-refractivity contribution in [2.24, 2.45) is 0 Å². The van der Waals surface area contributed by atoms with Gasteiger partial charge in [0.15, 0.2) is 0 Å². The van der Waals surface area contributed by atoms with Crippen molar-refractivity contribution in [3.05, 3.63) is 35.4 Å². The summed E-state index contributed by atoms with van der Waals surface area (Å²) in [4.78, 5) is 11.8. The van der Waals surface area contributed by atoms with E-state index in [1.807, 2.05) is 20.8 Å². The van der Waals surface area contributed by atoms with E-state index in [4.69, 9.17) is 4.74 Å². The van der Waals surface area contributed by atoms with Gasteiger partial charge in [-0.2, -0.15) is 0 Å². The Balaban J connectivity index is 1.83. The first-order valence-electron chi connectivity index (χ1n) is 8.66. The molecule has 1 aliphatic carbocycles. The van der Waals surface area contributed by atoms with Crippen LogP contribution in [0.3, 0.4) is 0 Å². The predicted molar refractivity (Wildman–Crippen MR) is 93.6 cm³/mol. The molecular weight excluding hydrogens is 288 g/mol. The summed E-state index contributed by atoms with van der Waals surface area (Å²) in [5.74, 6) is 0. The van der Waals surface area contributed by atoms with E-state index in [0.29, 0.717) is 12.1 Å². The van der Waals surface area contributed by atoms with Crippen molar-refractivity contribution in [1.82, 2.24) is 10.6 Å². The summed E-state index contributed by atoms with van der Waals surface area (Å²) < 4.78 is 5.30. The molecule has 0 heterocycles. The lowest BCUT2D eigenvalue weighted by atomic mass is 10.0. The van der Waals surface area contributed by atoms with Crippen LogP contribution in [0.5, 0.6) is 0 Å². The lowest BCUT2D eigenvalue weighted by molar-refractivity contribution is 0.0522. The molecule has 23 heavy (non-hydrogen) atoms. The lowest BCUT2D eigenvalue weighted by Crippen LogP contribution is -2.37. The van der Waals surface area contributed by atoms with Gasteiger partial charge < -0.3 is 15.4 Å². The first kappa shape index (κ1) is 17.8. The molecule has 1 amide bonds. The van der Waals surface area contributed by atoms with Crippen LogP contribution in [0.15, 0.2) is 24.3 Å². The highest BCUT2D eigenvalue weighted by Crippen LogP contribution is 2.27. The molecule has 0 aliphatic heterocycles. The zero-order chi connectivity index (χ0) is 17.0. The molecular formula is C19H30N2O2. The number of alkyl carbamates (subject to hydrolysis) is 1. The molecule has 1 aliphatic rings. The smallest absolute Gasteiger partial charge is 0.407 e. The van der Waals surface area contributed by atoms with Crippen LogP contribution in [0.4, 0.5) is 4.79 Å². The minimum Gasteiger partial charge on any atom is -0.444 e.